The number of ether oxygens (including phenoxy) is 2. The molecule has 198 valence electrons. The van der Waals surface area contributed by atoms with E-state index in [-0.39, 0.29) is 27.3 Å². The van der Waals surface area contributed by atoms with Crippen LogP contribution in [-0.2, 0) is 15.0 Å². The van der Waals surface area contributed by atoms with Gasteiger partial charge >= 0.3 is 0 Å². The number of aliphatic hydroxyl groups excluding tert-OH is 1. The Morgan fingerprint density at radius 3 is 2.34 bits per heavy atom. The van der Waals surface area contributed by atoms with Crippen LogP contribution in [0.1, 0.15) is 50.4 Å². The second-order valence-electron chi connectivity index (χ2n) is 9.90. The summed E-state index contributed by atoms with van der Waals surface area (Å²) in [4.78, 5) is 28.0. The Balaban J connectivity index is 1.97. The highest BCUT2D eigenvalue weighted by molar-refractivity contribution is 6.51. The van der Waals surface area contributed by atoms with Gasteiger partial charge in [0.25, 0.3) is 11.7 Å². The van der Waals surface area contributed by atoms with Crippen molar-refractivity contribution in [1.82, 2.24) is 0 Å². The number of hydrogen-bond donors (Lipinski definition) is 1. The van der Waals surface area contributed by atoms with Gasteiger partial charge in [0.1, 0.15) is 23.1 Å². The first-order valence-corrected chi connectivity index (χ1v) is 12.5. The Labute approximate surface area is 226 Å². The first kappa shape index (κ1) is 27.2. The van der Waals surface area contributed by atoms with Crippen LogP contribution in [0.15, 0.2) is 66.2 Å². The number of carbonyl (C=O) groups is 2. The molecule has 3 aromatic carbocycles. The molecule has 1 fully saturated rings. The Hall–Kier alpha value is -3.84. The summed E-state index contributed by atoms with van der Waals surface area (Å²) in [5, 5.41) is 11.7. The molecule has 0 aromatic heterocycles. The zero-order chi connectivity index (χ0) is 27.8. The van der Waals surface area contributed by atoms with Crippen molar-refractivity contribution in [1.29, 1.82) is 0 Å². The molecule has 0 aliphatic carbocycles. The van der Waals surface area contributed by atoms with Crippen LogP contribution in [0.3, 0.4) is 0 Å². The van der Waals surface area contributed by atoms with E-state index < -0.39 is 29.3 Å². The van der Waals surface area contributed by atoms with Crippen molar-refractivity contribution in [2.45, 2.75) is 39.2 Å². The number of anilines is 1. The van der Waals surface area contributed by atoms with Crippen LogP contribution < -0.4 is 14.4 Å². The van der Waals surface area contributed by atoms with Crippen LogP contribution in [-0.4, -0.2) is 30.5 Å². The first-order chi connectivity index (χ1) is 18.0. The summed E-state index contributed by atoms with van der Waals surface area (Å²) >= 11 is 6.32. The van der Waals surface area contributed by atoms with Crippen LogP contribution in [0.4, 0.5) is 10.1 Å². The van der Waals surface area contributed by atoms with E-state index in [1.807, 2.05) is 27.7 Å². The number of benzene rings is 3. The van der Waals surface area contributed by atoms with Gasteiger partial charge in [0.2, 0.25) is 0 Å². The highest BCUT2D eigenvalue weighted by atomic mass is 35.5. The van der Waals surface area contributed by atoms with E-state index in [1.54, 1.807) is 36.4 Å². The third-order valence-corrected chi connectivity index (χ3v) is 6.71. The zero-order valence-corrected chi connectivity index (χ0v) is 22.6. The van der Waals surface area contributed by atoms with Gasteiger partial charge in [-0.2, -0.15) is 0 Å². The first-order valence-electron chi connectivity index (χ1n) is 12.2. The average molecular weight is 538 g/mol. The maximum atomic E-state index is 15.2. The summed E-state index contributed by atoms with van der Waals surface area (Å²) in [6.07, 6.45) is 0. The Kier molecular flexibility index (Phi) is 7.51. The molecule has 3 aromatic rings. The molecule has 1 heterocycles. The van der Waals surface area contributed by atoms with Gasteiger partial charge in [0, 0.05) is 22.4 Å². The molecule has 0 radical (unpaired) electrons. The molecule has 1 unspecified atom stereocenters. The molecule has 38 heavy (non-hydrogen) atoms. The van der Waals surface area contributed by atoms with E-state index in [1.165, 1.54) is 31.4 Å². The second kappa shape index (κ2) is 10.5. The number of rotatable bonds is 6. The molecule has 0 bridgehead atoms. The van der Waals surface area contributed by atoms with Gasteiger partial charge in [0.05, 0.1) is 30.4 Å². The molecule has 1 amide bonds. The van der Waals surface area contributed by atoms with Crippen molar-refractivity contribution in [2.75, 3.05) is 18.6 Å². The number of halogens is 2. The van der Waals surface area contributed by atoms with Crippen LogP contribution in [0.25, 0.3) is 5.76 Å². The van der Waals surface area contributed by atoms with Crippen LogP contribution >= 0.6 is 11.6 Å². The molecule has 1 atom stereocenters. The minimum atomic E-state index is -1.23. The van der Waals surface area contributed by atoms with E-state index in [2.05, 4.69) is 0 Å². The van der Waals surface area contributed by atoms with Gasteiger partial charge in [-0.25, -0.2) is 4.39 Å². The maximum Gasteiger partial charge on any atom is 0.300 e. The number of carbonyl (C=O) groups excluding carboxylic acids is 2. The van der Waals surface area contributed by atoms with Crippen molar-refractivity contribution in [3.8, 4) is 11.5 Å². The standard InChI is InChI=1S/C30H29ClFNO5/c1-6-38-23-13-11-17(15-20(23)30(2,3)4)27(34)25-26(19-9-7-8-10-22(19)32)33(29(36)28(25)35)18-12-14-24(37-5)21(31)16-18/h7-16,26,34H,6H2,1-5H3/b27-25+. The average Bonchev–Trinajstić information content (AvgIpc) is 3.13. The molecule has 8 heteroatoms. The SMILES string of the molecule is CCOc1ccc(/C(O)=C2\C(=O)C(=O)N(c3ccc(OC)c(Cl)c3)C2c2ccccc2F)cc1C(C)(C)C. The zero-order valence-electron chi connectivity index (χ0n) is 21.8. The molecule has 1 saturated heterocycles. The minimum absolute atomic E-state index is 0.0576. The smallest absolute Gasteiger partial charge is 0.300 e. The quantitative estimate of drug-likeness (QED) is 0.212. The van der Waals surface area contributed by atoms with Crippen molar-refractivity contribution in [2.24, 2.45) is 0 Å². The highest BCUT2D eigenvalue weighted by Crippen LogP contribution is 2.45. The molecular formula is C30H29ClFNO5. The van der Waals surface area contributed by atoms with E-state index in [4.69, 9.17) is 21.1 Å². The van der Waals surface area contributed by atoms with Gasteiger partial charge in [0.15, 0.2) is 0 Å². The lowest BCUT2D eigenvalue weighted by atomic mass is 9.84. The predicted molar refractivity (Wildman–Crippen MR) is 145 cm³/mol. The number of hydrogen-bond acceptors (Lipinski definition) is 5. The monoisotopic (exact) mass is 537 g/mol. The van der Waals surface area contributed by atoms with Gasteiger partial charge < -0.3 is 14.6 Å². The predicted octanol–water partition coefficient (Wildman–Crippen LogP) is 6.81. The summed E-state index contributed by atoms with van der Waals surface area (Å²) in [7, 11) is 1.45. The number of aliphatic hydroxyl groups is 1. The maximum absolute atomic E-state index is 15.2. The Bertz CT molecular complexity index is 1440. The fraction of sp³-hybridized carbons (Fsp3) is 0.267. The normalized spacial score (nSPS) is 17.1. The van der Waals surface area contributed by atoms with Crippen LogP contribution in [0.5, 0.6) is 11.5 Å². The van der Waals surface area contributed by atoms with Crippen molar-refractivity contribution >= 4 is 34.7 Å². The number of Topliss-reactive ketones (excluding diaryl/α,β-unsaturated/α-hetero) is 1. The van der Waals surface area contributed by atoms with Crippen molar-refractivity contribution in [3.63, 3.8) is 0 Å². The summed E-state index contributed by atoms with van der Waals surface area (Å²) < 4.78 is 26.1. The topological polar surface area (TPSA) is 76.1 Å². The van der Waals surface area contributed by atoms with E-state index >= 15 is 4.39 Å². The molecule has 1 N–H and O–H groups in total. The fourth-order valence-electron chi connectivity index (χ4n) is 4.60. The van der Waals surface area contributed by atoms with Gasteiger partial charge in [-0.1, -0.05) is 50.6 Å². The molecule has 0 spiro atoms. The number of nitrogens with zero attached hydrogens (tertiary/aromatic N) is 1. The molecule has 1 aliphatic heterocycles. The van der Waals surface area contributed by atoms with E-state index in [9.17, 15) is 14.7 Å². The molecule has 4 rings (SSSR count). The van der Waals surface area contributed by atoms with Gasteiger partial charge in [-0.05, 0) is 54.8 Å². The summed E-state index contributed by atoms with van der Waals surface area (Å²) in [5.41, 5.74) is 0.857. The summed E-state index contributed by atoms with van der Waals surface area (Å²) in [6.45, 7) is 8.33. The highest BCUT2D eigenvalue weighted by Gasteiger charge is 2.48. The third-order valence-electron chi connectivity index (χ3n) is 6.42. The Morgan fingerprint density at radius 1 is 1.05 bits per heavy atom. The number of ketones is 1. The lowest BCUT2D eigenvalue weighted by Crippen LogP contribution is -2.29. The molecule has 1 aliphatic rings. The number of amides is 1. The number of methoxy groups -OCH3 is 1. The van der Waals surface area contributed by atoms with E-state index in [0.29, 0.717) is 23.7 Å². The van der Waals surface area contributed by atoms with Gasteiger partial charge in [-0.15, -0.1) is 0 Å². The molecule has 0 saturated carbocycles. The van der Waals surface area contributed by atoms with Crippen molar-refractivity contribution in [3.05, 3.63) is 93.8 Å². The molecular weight excluding hydrogens is 509 g/mol. The molecule has 6 nitrogen and oxygen atoms in total. The largest absolute Gasteiger partial charge is 0.507 e. The minimum Gasteiger partial charge on any atom is -0.507 e. The second-order valence-corrected chi connectivity index (χ2v) is 10.3. The Morgan fingerprint density at radius 2 is 1.74 bits per heavy atom. The lowest BCUT2D eigenvalue weighted by Gasteiger charge is -2.26. The summed E-state index contributed by atoms with van der Waals surface area (Å²) in [6, 6.07) is 14.2. The lowest BCUT2D eigenvalue weighted by molar-refractivity contribution is -0.132. The fourth-order valence-corrected chi connectivity index (χ4v) is 4.85. The van der Waals surface area contributed by atoms with Crippen LogP contribution in [0, 0.1) is 5.82 Å². The van der Waals surface area contributed by atoms with Crippen molar-refractivity contribution < 1.29 is 28.6 Å². The van der Waals surface area contributed by atoms with Crippen LogP contribution in [0.2, 0.25) is 5.02 Å². The third kappa shape index (κ3) is 4.86. The summed E-state index contributed by atoms with van der Waals surface area (Å²) in [5.74, 6) is -1.87. The van der Waals surface area contributed by atoms with E-state index in [0.717, 1.165) is 10.5 Å². The van der Waals surface area contributed by atoms with Gasteiger partial charge in [-0.3, -0.25) is 14.5 Å².